The Bertz CT molecular complexity index is 1070. The van der Waals surface area contributed by atoms with Gasteiger partial charge in [-0.05, 0) is 75.5 Å². The van der Waals surface area contributed by atoms with Gasteiger partial charge in [0.1, 0.15) is 24.4 Å². The summed E-state index contributed by atoms with van der Waals surface area (Å²) in [6.07, 6.45) is 1.96. The fourth-order valence-corrected chi connectivity index (χ4v) is 4.04. The molecule has 0 radical (unpaired) electrons. The molecule has 1 aliphatic rings. The van der Waals surface area contributed by atoms with Gasteiger partial charge in [-0.15, -0.1) is 0 Å². The minimum Gasteiger partial charge on any atom is -0.458 e. The molecule has 1 aromatic carbocycles. The zero-order valence-corrected chi connectivity index (χ0v) is 26.8. The highest BCUT2D eigenvalue weighted by Crippen LogP contribution is 2.30. The maximum atomic E-state index is 12.8. The first-order valence-corrected chi connectivity index (χ1v) is 15.6. The molecule has 1 saturated carbocycles. The summed E-state index contributed by atoms with van der Waals surface area (Å²) in [6, 6.07) is 3.30. The van der Waals surface area contributed by atoms with E-state index in [2.05, 4.69) is 0 Å². The molecule has 5 atom stereocenters. The third-order valence-corrected chi connectivity index (χ3v) is 7.58. The number of nitrogens with two attached hydrogens (primary N) is 1. The molecule has 0 saturated heterocycles. The molecule has 0 aliphatic heterocycles. The van der Waals surface area contributed by atoms with E-state index in [9.17, 15) is 19.2 Å². The average molecular weight is 624 g/mol. The lowest BCUT2D eigenvalue weighted by atomic mass is 9.98. The molecule has 44 heavy (non-hydrogen) atoms. The third kappa shape index (κ3) is 13.4. The van der Waals surface area contributed by atoms with Gasteiger partial charge in [-0.2, -0.15) is 0 Å². The predicted octanol–water partition coefficient (Wildman–Crippen LogP) is 6.49. The van der Waals surface area contributed by atoms with Gasteiger partial charge >= 0.3 is 24.4 Å². The molecule has 1 fully saturated rings. The Morgan fingerprint density at radius 3 is 1.89 bits per heavy atom. The van der Waals surface area contributed by atoms with Crippen LogP contribution in [0, 0.1) is 11.8 Å². The zero-order valence-electron chi connectivity index (χ0n) is 26.8. The van der Waals surface area contributed by atoms with Crippen LogP contribution in [0.2, 0.25) is 0 Å². The Balaban J connectivity index is 2.01. The largest absolute Gasteiger partial charge is 0.513 e. The van der Waals surface area contributed by atoms with Crippen LogP contribution in [0.5, 0.6) is 11.5 Å². The first-order valence-electron chi connectivity index (χ1n) is 15.6. The first kappa shape index (κ1) is 36.7. The zero-order chi connectivity index (χ0) is 32.6. The van der Waals surface area contributed by atoms with Crippen LogP contribution in [-0.4, -0.2) is 62.0 Å². The van der Waals surface area contributed by atoms with E-state index in [1.54, 1.807) is 19.9 Å². The second-order valence-electron chi connectivity index (χ2n) is 11.5. The summed E-state index contributed by atoms with van der Waals surface area (Å²) >= 11 is 0. The molecule has 1 aliphatic carbocycles. The quantitative estimate of drug-likeness (QED) is 0.129. The molecule has 3 unspecified atom stereocenters. The topological polar surface area (TPSA) is 159 Å². The maximum absolute atomic E-state index is 12.8. The van der Waals surface area contributed by atoms with Gasteiger partial charge in [-0.3, -0.25) is 4.79 Å². The molecule has 12 heteroatoms. The van der Waals surface area contributed by atoms with Gasteiger partial charge < -0.3 is 38.9 Å². The molecule has 0 heterocycles. The van der Waals surface area contributed by atoms with Crippen molar-refractivity contribution in [1.82, 2.24) is 0 Å². The van der Waals surface area contributed by atoms with Crippen molar-refractivity contribution < 1.29 is 52.3 Å². The van der Waals surface area contributed by atoms with Crippen LogP contribution in [0.25, 0.3) is 0 Å². The predicted molar refractivity (Wildman–Crippen MR) is 160 cm³/mol. The van der Waals surface area contributed by atoms with Crippen LogP contribution >= 0.6 is 0 Å². The number of hydrogen-bond acceptors (Lipinski definition) is 12. The Kier molecular flexibility index (Phi) is 15.8. The highest BCUT2D eigenvalue weighted by atomic mass is 16.8. The lowest BCUT2D eigenvalue weighted by Gasteiger charge is -2.25. The summed E-state index contributed by atoms with van der Waals surface area (Å²) in [5, 5.41) is 0. The standard InChI is InChI=1S/C32H49NO11/c1-7-20(3)18-38-30(35)43-27-15-14-24(17-28(27)44-31(36)39-19-21(4)8-2)16-26(33)29(34)40-22(5)23(6)41-32(37)42-25-12-10-9-11-13-25/h14-15,17,20-23,25-26H,7-13,16,18-19,33H2,1-6H3/t20?,21?,22-,23?,26-/m0/s1. The van der Waals surface area contributed by atoms with Crippen molar-refractivity contribution in [3.63, 3.8) is 0 Å². The third-order valence-electron chi connectivity index (χ3n) is 7.58. The van der Waals surface area contributed by atoms with E-state index in [1.165, 1.54) is 12.1 Å². The Morgan fingerprint density at radius 1 is 0.773 bits per heavy atom. The highest BCUT2D eigenvalue weighted by Gasteiger charge is 2.27. The molecule has 12 nitrogen and oxygen atoms in total. The van der Waals surface area contributed by atoms with Gasteiger partial charge in [0, 0.05) is 0 Å². The van der Waals surface area contributed by atoms with Gasteiger partial charge in [0.05, 0.1) is 13.2 Å². The molecule has 248 valence electrons. The number of carbonyl (C=O) groups is 4. The van der Waals surface area contributed by atoms with Crippen LogP contribution in [0.1, 0.15) is 92.1 Å². The van der Waals surface area contributed by atoms with E-state index in [1.807, 2.05) is 27.7 Å². The summed E-state index contributed by atoms with van der Waals surface area (Å²) in [7, 11) is 0. The summed E-state index contributed by atoms with van der Waals surface area (Å²) in [5.41, 5.74) is 6.62. The minimum atomic E-state index is -1.10. The van der Waals surface area contributed by atoms with Crippen LogP contribution in [0.3, 0.4) is 0 Å². The van der Waals surface area contributed by atoms with E-state index in [0.29, 0.717) is 5.56 Å². The lowest BCUT2D eigenvalue weighted by Crippen LogP contribution is -2.39. The molecule has 0 aromatic heterocycles. The Hall–Kier alpha value is -3.54. The van der Waals surface area contributed by atoms with E-state index in [4.69, 9.17) is 38.9 Å². The molecule has 0 bridgehead atoms. The van der Waals surface area contributed by atoms with Crippen LogP contribution in [-0.2, 0) is 34.9 Å². The van der Waals surface area contributed by atoms with Crippen LogP contribution in [0.4, 0.5) is 14.4 Å². The van der Waals surface area contributed by atoms with Crippen LogP contribution < -0.4 is 15.2 Å². The smallest absolute Gasteiger partial charge is 0.458 e. The van der Waals surface area contributed by atoms with E-state index < -0.39 is 42.7 Å². The van der Waals surface area contributed by atoms with Crippen molar-refractivity contribution in [2.75, 3.05) is 13.2 Å². The fraction of sp³-hybridized carbons (Fsp3) is 0.688. The van der Waals surface area contributed by atoms with Gasteiger partial charge in [0.15, 0.2) is 11.5 Å². The van der Waals surface area contributed by atoms with Crippen molar-refractivity contribution in [2.45, 2.75) is 117 Å². The van der Waals surface area contributed by atoms with Crippen LogP contribution in [0.15, 0.2) is 18.2 Å². The molecular formula is C32H49NO11. The van der Waals surface area contributed by atoms with Crippen molar-refractivity contribution >= 4 is 24.4 Å². The summed E-state index contributed by atoms with van der Waals surface area (Å²) in [5.74, 6) is -0.630. The van der Waals surface area contributed by atoms with Crippen molar-refractivity contribution in [3.8, 4) is 11.5 Å². The van der Waals surface area contributed by atoms with Crippen molar-refractivity contribution in [3.05, 3.63) is 23.8 Å². The van der Waals surface area contributed by atoms with E-state index in [0.717, 1.165) is 44.9 Å². The maximum Gasteiger partial charge on any atom is 0.513 e. The molecule has 2 N–H and O–H groups in total. The van der Waals surface area contributed by atoms with Gasteiger partial charge in [-0.1, -0.05) is 53.0 Å². The summed E-state index contributed by atoms with van der Waals surface area (Å²) < 4.78 is 37.1. The molecule has 2 rings (SSSR count). The number of ether oxygens (including phenoxy) is 7. The second kappa shape index (κ2) is 19.0. The van der Waals surface area contributed by atoms with E-state index in [-0.39, 0.29) is 49.1 Å². The summed E-state index contributed by atoms with van der Waals surface area (Å²) in [4.78, 5) is 49.6. The van der Waals surface area contributed by atoms with E-state index >= 15 is 0 Å². The molecule has 0 amide bonds. The van der Waals surface area contributed by atoms with Gasteiger partial charge in [-0.25, -0.2) is 14.4 Å². The Morgan fingerprint density at radius 2 is 1.32 bits per heavy atom. The van der Waals surface area contributed by atoms with Gasteiger partial charge in [0.25, 0.3) is 0 Å². The van der Waals surface area contributed by atoms with Crippen molar-refractivity contribution in [2.24, 2.45) is 17.6 Å². The number of benzene rings is 1. The number of esters is 1. The summed E-state index contributed by atoms with van der Waals surface area (Å²) in [6.45, 7) is 11.3. The highest BCUT2D eigenvalue weighted by molar-refractivity contribution is 5.76. The molecular weight excluding hydrogens is 574 g/mol. The van der Waals surface area contributed by atoms with Crippen molar-refractivity contribution in [1.29, 1.82) is 0 Å². The SMILES string of the molecule is CCC(C)COC(=O)Oc1ccc(C[C@H](N)C(=O)O[C@@H](C)C(C)OC(=O)OC2CCCCC2)cc1OC(=O)OCC(C)CC. The fourth-order valence-electron chi connectivity index (χ4n) is 4.04. The average Bonchev–Trinajstić information content (AvgIpc) is 3.00. The lowest BCUT2D eigenvalue weighted by molar-refractivity contribution is -0.155. The molecule has 0 spiro atoms. The number of rotatable bonds is 15. The first-order chi connectivity index (χ1) is 20.9. The molecule has 1 aromatic rings. The van der Waals surface area contributed by atoms with Gasteiger partial charge in [0.2, 0.25) is 0 Å². The minimum absolute atomic E-state index is 0.00152. The normalized spacial score (nSPS) is 16.8. The number of carbonyl (C=O) groups excluding carboxylic acids is 4. The Labute approximate surface area is 260 Å². The number of hydrogen-bond donors (Lipinski definition) is 1. The monoisotopic (exact) mass is 623 g/mol. The second-order valence-corrected chi connectivity index (χ2v) is 11.5.